The van der Waals surface area contributed by atoms with Gasteiger partial charge in [-0.05, 0) is 66.3 Å². The molecule has 15 fully saturated rings. The molecular weight excluding hydrogens is 1440 g/mol. The molecule has 4 unspecified atom stereocenters. The quantitative estimate of drug-likeness (QED) is 0.0258. The summed E-state index contributed by atoms with van der Waals surface area (Å²) in [6.45, 7) is -3.09. The maximum absolute atomic E-state index is 14.0. The Morgan fingerprint density at radius 3 is 0.745 bits per heavy atom. The fraction of sp³-hybridized carbons (Fsp3) is 0.539. The third-order valence-electron chi connectivity index (χ3n) is 20.8. The van der Waals surface area contributed by atoms with Gasteiger partial charge in [0.15, 0.2) is 25.2 Å². The van der Waals surface area contributed by atoms with Crippen LogP contribution in [0.3, 0.4) is 0 Å². The zero-order valence-electron chi connectivity index (χ0n) is 60.1. The number of rotatable bonds is 25. The van der Waals surface area contributed by atoms with Gasteiger partial charge in [-0.1, -0.05) is 152 Å². The van der Waals surface area contributed by atoms with Crippen molar-refractivity contribution in [3.63, 3.8) is 0 Å². The highest BCUT2D eigenvalue weighted by molar-refractivity contribution is 5.83. The average molecular weight is 1540 g/mol. The Bertz CT molecular complexity index is 3180. The van der Waals surface area contributed by atoms with Gasteiger partial charge in [0.2, 0.25) is 29.5 Å². The van der Waals surface area contributed by atoms with E-state index in [9.17, 15) is 75.0 Å². The molecule has 34 nitrogen and oxygen atoms in total. The van der Waals surface area contributed by atoms with E-state index in [-0.39, 0.29) is 32.1 Å². The highest BCUT2D eigenvalue weighted by Gasteiger charge is 2.58. The van der Waals surface area contributed by atoms with Crippen molar-refractivity contribution in [3.8, 4) is 0 Å². The van der Waals surface area contributed by atoms with Crippen molar-refractivity contribution in [2.75, 3.05) is 32.7 Å². The summed E-state index contributed by atoms with van der Waals surface area (Å²) in [6, 6.07) is 37.9. The first-order chi connectivity index (χ1) is 52.8. The van der Waals surface area contributed by atoms with Crippen LogP contribution in [0.15, 0.2) is 152 Å². The van der Waals surface area contributed by atoms with Crippen LogP contribution in [0.25, 0.3) is 0 Å². The van der Waals surface area contributed by atoms with Crippen molar-refractivity contribution in [1.82, 2.24) is 26.6 Å². The second kappa shape index (κ2) is 38.8. The van der Waals surface area contributed by atoms with Crippen molar-refractivity contribution in [2.24, 2.45) is 34.6 Å². The monoisotopic (exact) mass is 1540 g/mol. The second-order valence-corrected chi connectivity index (χ2v) is 28.8. The minimum atomic E-state index is -2.28. The lowest BCUT2D eigenvalue weighted by Crippen LogP contribution is -2.69. The fourth-order valence-electron chi connectivity index (χ4n) is 14.5. The number of aliphatic hydroxyl groups is 10. The summed E-state index contributed by atoms with van der Waals surface area (Å²) in [6.07, 6.45) is -48.3. The highest BCUT2D eigenvalue weighted by atomic mass is 16.8. The Morgan fingerprint density at radius 2 is 0.491 bits per heavy atom. The molecule has 30 atom stereocenters. The van der Waals surface area contributed by atoms with Crippen LogP contribution >= 0.6 is 0 Å². The number of carbonyl (C=O) groups is 5. The van der Waals surface area contributed by atoms with Crippen LogP contribution in [0.1, 0.15) is 34.2 Å². The maximum Gasteiger partial charge on any atom is 0.237 e. The Balaban J connectivity index is 0.973. The molecule has 5 aromatic rings. The molecule has 0 spiro atoms. The summed E-state index contributed by atoms with van der Waals surface area (Å²) in [4.78, 5) is 70.0. The third kappa shape index (κ3) is 21.0. The Hall–Kier alpha value is -7.51. The zero-order chi connectivity index (χ0) is 78.4. The molecule has 25 N–H and O–H groups in total. The Kier molecular flexibility index (Phi) is 29.4. The van der Waals surface area contributed by atoms with Gasteiger partial charge < -0.3 is 149 Å². The topological polar surface area (TPSA) is 561 Å². The minimum Gasteiger partial charge on any atom is -0.390 e. The van der Waals surface area contributed by atoms with Crippen LogP contribution in [-0.2, 0) is 98.7 Å². The number of ether oxygens (including phenoxy) is 9. The molecular formula is C76H102N10O24. The van der Waals surface area contributed by atoms with Crippen molar-refractivity contribution < 1.29 is 118 Å². The number of aliphatic hydroxyl groups excluding tert-OH is 10. The molecule has 15 aliphatic heterocycles. The lowest BCUT2D eigenvalue weighted by Gasteiger charge is -2.50. The lowest BCUT2D eigenvalue weighted by atomic mass is 9.81. The predicted molar refractivity (Wildman–Crippen MR) is 387 cm³/mol. The molecule has 5 amide bonds. The molecule has 15 aliphatic rings. The number of amides is 5. The van der Waals surface area contributed by atoms with Crippen LogP contribution in [0.5, 0.6) is 0 Å². The maximum atomic E-state index is 14.0. The van der Waals surface area contributed by atoms with Gasteiger partial charge in [-0.2, -0.15) is 0 Å². The van der Waals surface area contributed by atoms with Gasteiger partial charge in [0.05, 0.1) is 48.5 Å². The van der Waals surface area contributed by atoms with Crippen LogP contribution < -0.4 is 55.3 Å². The predicted octanol–water partition coefficient (Wildman–Crippen LogP) is -6.75. The van der Waals surface area contributed by atoms with Crippen LogP contribution in [-0.4, -0.2) is 291 Å². The van der Waals surface area contributed by atoms with E-state index < -0.39 is 252 Å². The van der Waals surface area contributed by atoms with E-state index in [2.05, 4.69) is 26.6 Å². The zero-order valence-corrected chi connectivity index (χ0v) is 60.1. The SMILES string of the molecule is N[C@H](Cc1ccccc1)C(=O)NC[C@H]1OC2CC3[C@@H](CNC(=O)[C@@H](N)Cc4ccccc4)O[C@H](OC4[C@@H](CNC(=O)[C@@H](N)Cc5ccccc5)O[C@H](O[C@H]5[C@H](O)[C@@H](O)[C@@H](O[C@H]6[C@H](O)[C@@H](O)[C@@H](OC1[C@H](O)[C@H]2O)O[C@@H]6CNC(=O)[C@@H](N)Cc1ccccc1)O[C@@H]5CNC(=O)[C@@H](N)Cc1ccccc1)[C@H](O)[C@H]4O)[C@H](O)[C@H]3O. The summed E-state index contributed by atoms with van der Waals surface area (Å²) in [7, 11) is 0. The molecule has 15 saturated heterocycles. The standard InChI is InChI=1S/C76H102N10O24/c77-43(26-37-16-6-1-7-17-37)68(97)82-32-49-42-31-48-55(88)56(89)64(50(102-48)33-83-69(98)44(78)27-38-18-8-2-9-19-38)107-74-61(94)58(91)66(52(104-74)35-85-71(100)46(80)29-40-22-12-4-13-23-40)109-76-63(96)59(92)67(53(106-76)36-86-72(101)47(81)30-41-24-14-5-15-25-41)110-75-62(95)57(90)65(108-73(103-49)60(93)54(42)87)51(105-75)34-84-70(99)45(79)28-39-20-10-3-11-21-39/h1-25,42-67,73-76,87-96H,26-36,77-81H2,(H,82,97)(H,83,98)(H,84,99)(H,85,100)(H,86,101)/t42?,43-,44+,45-,46-,47-,48?,49+,50+,51+,52+,53+,54-,55-,56+,57+,58+,59+,60+,61+,62+,63+,64?,65?,66+,67+,73+,74+,75+,76+/m0/s1. The van der Waals surface area contributed by atoms with E-state index in [1.807, 2.05) is 0 Å². The van der Waals surface area contributed by atoms with Gasteiger partial charge in [0, 0.05) is 38.6 Å². The van der Waals surface area contributed by atoms with Crippen molar-refractivity contribution in [3.05, 3.63) is 179 Å². The summed E-state index contributed by atoms with van der Waals surface area (Å²) in [5.41, 5.74) is 35.6. The molecule has 0 saturated carbocycles. The van der Waals surface area contributed by atoms with Gasteiger partial charge in [-0.3, -0.25) is 24.0 Å². The van der Waals surface area contributed by atoms with Gasteiger partial charge in [0.1, 0.15) is 104 Å². The third-order valence-corrected chi connectivity index (χ3v) is 20.8. The number of nitrogens with one attached hydrogen (secondary N) is 5. The molecule has 15 heterocycles. The summed E-state index contributed by atoms with van der Waals surface area (Å²) in [5.74, 6) is -5.20. The first kappa shape index (κ1) is 83.4. The first-order valence-electron chi connectivity index (χ1n) is 36.9. The normalized spacial score (nSPS) is 34.6. The number of nitrogens with two attached hydrogens (primary N) is 5. The van der Waals surface area contributed by atoms with Gasteiger partial charge >= 0.3 is 0 Å². The molecule has 0 aromatic heterocycles. The van der Waals surface area contributed by atoms with Crippen molar-refractivity contribution in [1.29, 1.82) is 0 Å². The summed E-state index contributed by atoms with van der Waals surface area (Å²) >= 11 is 0. The van der Waals surface area contributed by atoms with Crippen molar-refractivity contribution >= 4 is 29.5 Å². The van der Waals surface area contributed by atoms with Gasteiger partial charge in [-0.25, -0.2) is 0 Å². The van der Waals surface area contributed by atoms with E-state index in [4.69, 9.17) is 71.3 Å². The first-order valence-corrected chi connectivity index (χ1v) is 36.9. The number of hydrogen-bond donors (Lipinski definition) is 20. The summed E-state index contributed by atoms with van der Waals surface area (Å²) in [5, 5.41) is 137. The van der Waals surface area contributed by atoms with Crippen LogP contribution in [0.2, 0.25) is 0 Å². The molecule has 0 aliphatic carbocycles. The van der Waals surface area contributed by atoms with Gasteiger partial charge in [-0.15, -0.1) is 0 Å². The van der Waals surface area contributed by atoms with E-state index in [1.165, 1.54) is 0 Å². The smallest absolute Gasteiger partial charge is 0.237 e. The largest absolute Gasteiger partial charge is 0.390 e. The number of hydrogen-bond acceptors (Lipinski definition) is 29. The molecule has 600 valence electrons. The second-order valence-electron chi connectivity index (χ2n) is 28.8. The minimum absolute atomic E-state index is 0.0315. The Morgan fingerprint density at radius 1 is 0.282 bits per heavy atom. The number of carbonyl (C=O) groups excluding carboxylic acids is 5. The van der Waals surface area contributed by atoms with E-state index >= 15 is 0 Å². The van der Waals surface area contributed by atoms with Crippen LogP contribution in [0, 0.1) is 5.92 Å². The molecule has 0 radical (unpaired) electrons. The fourth-order valence-corrected chi connectivity index (χ4v) is 14.5. The molecule has 20 rings (SSSR count). The van der Waals surface area contributed by atoms with E-state index in [0.29, 0.717) is 27.8 Å². The number of benzene rings is 5. The van der Waals surface area contributed by atoms with E-state index in [0.717, 1.165) is 0 Å². The molecule has 34 heteroatoms. The van der Waals surface area contributed by atoms with E-state index in [1.54, 1.807) is 152 Å². The summed E-state index contributed by atoms with van der Waals surface area (Å²) < 4.78 is 57.8. The molecule has 10 bridgehead atoms. The van der Waals surface area contributed by atoms with Gasteiger partial charge in [0.25, 0.3) is 0 Å². The highest BCUT2D eigenvalue weighted by Crippen LogP contribution is 2.40. The average Bonchev–Trinajstić information content (AvgIpc) is 0.880. The molecule has 110 heavy (non-hydrogen) atoms. The molecule has 5 aromatic carbocycles. The van der Waals surface area contributed by atoms with Crippen LogP contribution in [0.4, 0.5) is 0 Å². The lowest BCUT2D eigenvalue weighted by molar-refractivity contribution is -0.385. The Labute approximate surface area is 634 Å². The van der Waals surface area contributed by atoms with Crippen molar-refractivity contribution in [2.45, 2.75) is 216 Å².